The van der Waals surface area contributed by atoms with Crippen molar-refractivity contribution in [3.05, 3.63) is 29.3 Å². The van der Waals surface area contributed by atoms with Crippen LogP contribution in [0.15, 0.2) is 18.2 Å². The molecule has 5 unspecified atom stereocenters. The van der Waals surface area contributed by atoms with Crippen molar-refractivity contribution in [3.8, 4) is 0 Å². The SMILES string of the molecule is CC(C)(C)OC(=O)CNc1ccc2c(c1)C(O)N(C1CCC(O)NC1O)C2O. The molecule has 3 rings (SSSR count). The fourth-order valence-corrected chi connectivity index (χ4v) is 3.70. The van der Waals surface area contributed by atoms with Gasteiger partial charge in [-0.15, -0.1) is 0 Å². The van der Waals surface area contributed by atoms with Crippen LogP contribution >= 0.6 is 0 Å². The molecule has 1 fully saturated rings. The summed E-state index contributed by atoms with van der Waals surface area (Å²) in [6.45, 7) is 5.35. The summed E-state index contributed by atoms with van der Waals surface area (Å²) >= 11 is 0. The quantitative estimate of drug-likeness (QED) is 0.393. The highest BCUT2D eigenvalue weighted by molar-refractivity contribution is 5.75. The molecule has 1 aromatic rings. The number of benzene rings is 1. The van der Waals surface area contributed by atoms with Gasteiger partial charge in [0.15, 0.2) is 0 Å². The zero-order valence-electron chi connectivity index (χ0n) is 16.3. The summed E-state index contributed by atoms with van der Waals surface area (Å²) in [5.74, 6) is -0.398. The summed E-state index contributed by atoms with van der Waals surface area (Å²) in [6.07, 6.45) is -3.27. The molecule has 0 amide bonds. The lowest BCUT2D eigenvalue weighted by Gasteiger charge is -2.40. The van der Waals surface area contributed by atoms with E-state index in [4.69, 9.17) is 4.74 Å². The van der Waals surface area contributed by atoms with Crippen LogP contribution in [0.4, 0.5) is 5.69 Å². The van der Waals surface area contributed by atoms with E-state index in [1.165, 1.54) is 4.90 Å². The highest BCUT2D eigenvalue weighted by atomic mass is 16.6. The lowest BCUT2D eigenvalue weighted by molar-refractivity contribution is -0.159. The number of fused-ring (bicyclic) bond motifs is 1. The zero-order valence-corrected chi connectivity index (χ0v) is 16.3. The molecule has 9 nitrogen and oxygen atoms in total. The second kappa shape index (κ2) is 7.94. The molecule has 2 heterocycles. The smallest absolute Gasteiger partial charge is 0.325 e. The minimum absolute atomic E-state index is 0.0262. The fourth-order valence-electron chi connectivity index (χ4n) is 3.70. The number of rotatable bonds is 4. The van der Waals surface area contributed by atoms with Crippen LogP contribution in [-0.4, -0.2) is 61.9 Å². The van der Waals surface area contributed by atoms with Gasteiger partial charge in [0.05, 0.1) is 6.04 Å². The first-order valence-corrected chi connectivity index (χ1v) is 9.42. The maximum atomic E-state index is 11.9. The van der Waals surface area contributed by atoms with Gasteiger partial charge in [-0.3, -0.25) is 10.1 Å². The van der Waals surface area contributed by atoms with Gasteiger partial charge in [0.25, 0.3) is 0 Å². The molecule has 0 spiro atoms. The number of hydrogen-bond acceptors (Lipinski definition) is 9. The highest BCUT2D eigenvalue weighted by Crippen LogP contribution is 2.43. The number of aliphatic hydroxyl groups is 4. The Balaban J connectivity index is 1.70. The number of aliphatic hydroxyl groups excluding tert-OH is 4. The Hall–Kier alpha value is -1.75. The molecule has 0 aliphatic carbocycles. The molecule has 1 aromatic carbocycles. The zero-order chi connectivity index (χ0) is 20.6. The largest absolute Gasteiger partial charge is 0.459 e. The van der Waals surface area contributed by atoms with E-state index in [9.17, 15) is 25.2 Å². The Morgan fingerprint density at radius 1 is 1.18 bits per heavy atom. The Kier molecular flexibility index (Phi) is 5.95. The average molecular weight is 395 g/mol. The van der Waals surface area contributed by atoms with E-state index in [-0.39, 0.29) is 6.54 Å². The lowest BCUT2D eigenvalue weighted by Crippen LogP contribution is -2.57. The van der Waals surface area contributed by atoms with Crippen molar-refractivity contribution < 1.29 is 30.0 Å². The highest BCUT2D eigenvalue weighted by Gasteiger charge is 2.44. The van der Waals surface area contributed by atoms with E-state index in [0.717, 1.165) is 0 Å². The number of piperidine rings is 1. The number of ether oxygens (including phenoxy) is 1. The monoisotopic (exact) mass is 395 g/mol. The van der Waals surface area contributed by atoms with Gasteiger partial charge < -0.3 is 30.5 Å². The average Bonchev–Trinajstić information content (AvgIpc) is 2.83. The molecule has 9 heteroatoms. The van der Waals surface area contributed by atoms with Crippen molar-refractivity contribution in [2.45, 2.75) is 70.2 Å². The van der Waals surface area contributed by atoms with Gasteiger partial charge in [-0.1, -0.05) is 6.07 Å². The second-order valence-electron chi connectivity index (χ2n) is 8.25. The van der Waals surface area contributed by atoms with Crippen LogP contribution in [0.5, 0.6) is 0 Å². The van der Waals surface area contributed by atoms with Gasteiger partial charge in [-0.05, 0) is 45.7 Å². The number of carbonyl (C=O) groups is 1. The van der Waals surface area contributed by atoms with Crippen LogP contribution in [0.1, 0.15) is 57.2 Å². The molecule has 5 atom stereocenters. The number of esters is 1. The van der Waals surface area contributed by atoms with E-state index in [1.54, 1.807) is 39.0 Å². The Labute approximate surface area is 163 Å². The van der Waals surface area contributed by atoms with Gasteiger partial charge in [0.1, 0.15) is 37.1 Å². The topological polar surface area (TPSA) is 135 Å². The van der Waals surface area contributed by atoms with Crippen LogP contribution in [0.3, 0.4) is 0 Å². The van der Waals surface area contributed by atoms with Crippen LogP contribution < -0.4 is 10.6 Å². The predicted molar refractivity (Wildman–Crippen MR) is 101 cm³/mol. The molecule has 0 aromatic heterocycles. The maximum Gasteiger partial charge on any atom is 0.325 e. The predicted octanol–water partition coefficient (Wildman–Crippen LogP) is 0.126. The third-order valence-corrected chi connectivity index (χ3v) is 4.91. The van der Waals surface area contributed by atoms with Crippen molar-refractivity contribution in [1.29, 1.82) is 0 Å². The van der Waals surface area contributed by atoms with Crippen molar-refractivity contribution >= 4 is 11.7 Å². The number of nitrogens with one attached hydrogen (secondary N) is 2. The van der Waals surface area contributed by atoms with Gasteiger partial charge >= 0.3 is 5.97 Å². The molecule has 6 N–H and O–H groups in total. The number of anilines is 1. The summed E-state index contributed by atoms with van der Waals surface area (Å²) in [5, 5.41) is 46.8. The summed E-state index contributed by atoms with van der Waals surface area (Å²) in [4.78, 5) is 13.3. The molecule has 0 radical (unpaired) electrons. The molecular formula is C19H29N3O6. The summed E-state index contributed by atoms with van der Waals surface area (Å²) in [7, 11) is 0. The van der Waals surface area contributed by atoms with E-state index in [2.05, 4.69) is 10.6 Å². The second-order valence-corrected chi connectivity index (χ2v) is 8.25. The Bertz CT molecular complexity index is 722. The van der Waals surface area contributed by atoms with Crippen molar-refractivity contribution in [2.24, 2.45) is 0 Å². The van der Waals surface area contributed by atoms with Crippen LogP contribution in [0.2, 0.25) is 0 Å². The Morgan fingerprint density at radius 2 is 1.86 bits per heavy atom. The summed E-state index contributed by atoms with van der Waals surface area (Å²) in [5.41, 5.74) is 1.07. The molecule has 1 saturated heterocycles. The van der Waals surface area contributed by atoms with E-state index in [1.807, 2.05) is 0 Å². The molecule has 0 saturated carbocycles. The fraction of sp³-hybridized carbons (Fsp3) is 0.632. The standard InChI is InChI=1S/C19H29N3O6/c1-19(2,3)28-15(24)9-20-10-4-5-11-12(8-10)18(27)22(17(11)26)13-6-7-14(23)21-16(13)25/h4-5,8,13-14,16-18,20-21,23,25-27H,6-7,9H2,1-3H3. The normalized spacial score (nSPS) is 30.8. The number of carbonyl (C=O) groups excluding carboxylic acids is 1. The van der Waals surface area contributed by atoms with Crippen molar-refractivity contribution in [1.82, 2.24) is 10.2 Å². The van der Waals surface area contributed by atoms with E-state index in [0.29, 0.717) is 29.7 Å². The van der Waals surface area contributed by atoms with Gasteiger partial charge in [0.2, 0.25) is 0 Å². The first kappa shape index (κ1) is 21.0. The van der Waals surface area contributed by atoms with Crippen molar-refractivity contribution in [2.75, 3.05) is 11.9 Å². The first-order chi connectivity index (χ1) is 13.1. The van der Waals surface area contributed by atoms with Gasteiger partial charge in [-0.2, -0.15) is 0 Å². The minimum atomic E-state index is -1.12. The maximum absolute atomic E-state index is 11.9. The van der Waals surface area contributed by atoms with E-state index >= 15 is 0 Å². The van der Waals surface area contributed by atoms with Crippen LogP contribution in [0.25, 0.3) is 0 Å². The third-order valence-electron chi connectivity index (χ3n) is 4.91. The van der Waals surface area contributed by atoms with Gasteiger partial charge in [0, 0.05) is 16.8 Å². The first-order valence-electron chi connectivity index (χ1n) is 9.42. The number of nitrogens with zero attached hydrogens (tertiary/aromatic N) is 1. The van der Waals surface area contributed by atoms with Gasteiger partial charge in [-0.25, -0.2) is 4.90 Å². The molecule has 2 aliphatic heterocycles. The van der Waals surface area contributed by atoms with E-state index < -0.39 is 42.5 Å². The molecule has 0 bridgehead atoms. The van der Waals surface area contributed by atoms with Crippen LogP contribution in [0, 0.1) is 0 Å². The molecule has 2 aliphatic rings. The molecule has 156 valence electrons. The number of hydrogen-bond donors (Lipinski definition) is 6. The summed E-state index contributed by atoms with van der Waals surface area (Å²) < 4.78 is 5.25. The molecule has 28 heavy (non-hydrogen) atoms. The Morgan fingerprint density at radius 3 is 2.50 bits per heavy atom. The lowest BCUT2D eigenvalue weighted by atomic mass is 10.0. The van der Waals surface area contributed by atoms with Crippen LogP contribution in [-0.2, 0) is 9.53 Å². The molecular weight excluding hydrogens is 366 g/mol. The summed E-state index contributed by atoms with van der Waals surface area (Å²) in [6, 6.07) is 4.50. The van der Waals surface area contributed by atoms with Crippen molar-refractivity contribution in [3.63, 3.8) is 0 Å². The minimum Gasteiger partial charge on any atom is -0.459 e. The third kappa shape index (κ3) is 4.45.